The van der Waals surface area contributed by atoms with E-state index >= 15 is 0 Å². The highest BCUT2D eigenvalue weighted by Gasteiger charge is 2.26. The van der Waals surface area contributed by atoms with Crippen molar-refractivity contribution in [3.8, 4) is 0 Å². The minimum Gasteiger partial charge on any atom is -0.381 e. The summed E-state index contributed by atoms with van der Waals surface area (Å²) >= 11 is 6.03. The maximum absolute atomic E-state index is 12.4. The summed E-state index contributed by atoms with van der Waals surface area (Å²) in [6.07, 6.45) is -0.0512. The number of nitro benzene ring substituents is 1. The van der Waals surface area contributed by atoms with E-state index in [0.717, 1.165) is 0 Å². The Hall–Kier alpha value is -1.86. The van der Waals surface area contributed by atoms with Crippen LogP contribution in [0, 0.1) is 10.1 Å². The van der Waals surface area contributed by atoms with Crippen molar-refractivity contribution in [1.82, 2.24) is 4.90 Å². The predicted molar refractivity (Wildman–Crippen MR) is 79.0 cm³/mol. The van der Waals surface area contributed by atoms with E-state index in [-0.39, 0.29) is 34.0 Å². The highest BCUT2D eigenvalue weighted by molar-refractivity contribution is 6.34. The summed E-state index contributed by atoms with van der Waals surface area (Å²) in [5, 5.41) is 13.9. The largest absolute Gasteiger partial charge is 0.381 e. The minimum absolute atomic E-state index is 0.0512. The number of hydrogen-bond donors (Lipinski definition) is 1. The number of carbonyl (C=O) groups is 1. The summed E-state index contributed by atoms with van der Waals surface area (Å²) in [4.78, 5) is 24.6. The highest BCUT2D eigenvalue weighted by Crippen LogP contribution is 2.33. The van der Waals surface area contributed by atoms with Crippen molar-refractivity contribution in [2.24, 2.45) is 0 Å². The SMILES string of the molecule is CNc1c(Cl)cc(C(=O)N2CCOC(C)C2)cc1[N+](=O)[O-]. The van der Waals surface area contributed by atoms with E-state index in [1.54, 1.807) is 11.9 Å². The van der Waals surface area contributed by atoms with Crippen LogP contribution >= 0.6 is 11.6 Å². The molecule has 1 aromatic rings. The lowest BCUT2D eigenvalue weighted by molar-refractivity contribution is -0.384. The first-order valence-electron chi connectivity index (χ1n) is 6.50. The number of ether oxygens (including phenoxy) is 1. The van der Waals surface area contributed by atoms with Gasteiger partial charge in [0.25, 0.3) is 11.6 Å². The van der Waals surface area contributed by atoms with Gasteiger partial charge in [0.05, 0.1) is 22.7 Å². The van der Waals surface area contributed by atoms with Crippen molar-refractivity contribution in [3.63, 3.8) is 0 Å². The Kier molecular flexibility index (Phi) is 4.64. The van der Waals surface area contributed by atoms with Crippen LogP contribution in [0.15, 0.2) is 12.1 Å². The normalized spacial score (nSPS) is 18.4. The molecule has 1 aliphatic rings. The Bertz CT molecular complexity index is 579. The van der Waals surface area contributed by atoms with E-state index in [9.17, 15) is 14.9 Å². The van der Waals surface area contributed by atoms with Crippen LogP contribution in [0.25, 0.3) is 0 Å². The molecule has 0 bridgehead atoms. The second kappa shape index (κ2) is 6.28. The van der Waals surface area contributed by atoms with Crippen molar-refractivity contribution in [2.75, 3.05) is 32.1 Å². The van der Waals surface area contributed by atoms with Crippen LogP contribution in [0.4, 0.5) is 11.4 Å². The number of rotatable bonds is 3. The van der Waals surface area contributed by atoms with E-state index < -0.39 is 4.92 Å². The lowest BCUT2D eigenvalue weighted by atomic mass is 10.1. The zero-order chi connectivity index (χ0) is 15.6. The Labute approximate surface area is 127 Å². The summed E-state index contributed by atoms with van der Waals surface area (Å²) in [6.45, 7) is 3.25. The summed E-state index contributed by atoms with van der Waals surface area (Å²) in [7, 11) is 1.54. The van der Waals surface area contributed by atoms with E-state index in [1.165, 1.54) is 12.1 Å². The average Bonchev–Trinajstić information content (AvgIpc) is 2.45. The molecular weight excluding hydrogens is 298 g/mol. The standard InChI is InChI=1S/C13H16ClN3O4/c1-8-7-16(3-4-21-8)13(18)9-5-10(14)12(15-2)11(6-9)17(19)20/h5-6,8,15H,3-4,7H2,1-2H3. The summed E-state index contributed by atoms with van der Waals surface area (Å²) in [6, 6.07) is 2.70. The van der Waals surface area contributed by atoms with Crippen LogP contribution in [0.3, 0.4) is 0 Å². The number of amides is 1. The van der Waals surface area contributed by atoms with Crippen molar-refractivity contribution >= 4 is 28.9 Å². The molecule has 0 radical (unpaired) electrons. The monoisotopic (exact) mass is 313 g/mol. The van der Waals surface area contributed by atoms with Crippen LogP contribution in [-0.4, -0.2) is 48.6 Å². The summed E-state index contributed by atoms with van der Waals surface area (Å²) in [5.74, 6) is -0.280. The molecule has 0 aromatic heterocycles. The van der Waals surface area contributed by atoms with E-state index in [4.69, 9.17) is 16.3 Å². The maximum atomic E-state index is 12.4. The lowest BCUT2D eigenvalue weighted by Crippen LogP contribution is -2.44. The van der Waals surface area contributed by atoms with E-state index in [1.807, 2.05) is 6.92 Å². The average molecular weight is 314 g/mol. The highest BCUT2D eigenvalue weighted by atomic mass is 35.5. The Morgan fingerprint density at radius 3 is 2.86 bits per heavy atom. The molecule has 1 unspecified atom stereocenters. The van der Waals surface area contributed by atoms with Crippen LogP contribution < -0.4 is 5.32 Å². The van der Waals surface area contributed by atoms with Gasteiger partial charge in [-0.1, -0.05) is 11.6 Å². The molecule has 1 aromatic carbocycles. The number of anilines is 1. The number of nitrogens with zero attached hydrogens (tertiary/aromatic N) is 2. The van der Waals surface area contributed by atoms with Crippen molar-refractivity contribution in [3.05, 3.63) is 32.8 Å². The van der Waals surface area contributed by atoms with Gasteiger partial charge in [-0.05, 0) is 13.0 Å². The van der Waals surface area contributed by atoms with Crippen LogP contribution in [0.1, 0.15) is 17.3 Å². The molecule has 1 amide bonds. The maximum Gasteiger partial charge on any atom is 0.294 e. The fourth-order valence-corrected chi connectivity index (χ4v) is 2.60. The van der Waals surface area contributed by atoms with Gasteiger partial charge in [0.2, 0.25) is 0 Å². The molecule has 7 nitrogen and oxygen atoms in total. The Morgan fingerprint density at radius 2 is 2.29 bits per heavy atom. The minimum atomic E-state index is -0.559. The zero-order valence-corrected chi connectivity index (χ0v) is 12.5. The van der Waals surface area contributed by atoms with Gasteiger partial charge in [-0.3, -0.25) is 14.9 Å². The second-order valence-corrected chi connectivity index (χ2v) is 5.20. The number of nitrogens with one attached hydrogen (secondary N) is 1. The fourth-order valence-electron chi connectivity index (χ4n) is 2.29. The first-order valence-corrected chi connectivity index (χ1v) is 6.88. The van der Waals surface area contributed by atoms with E-state index in [0.29, 0.717) is 19.7 Å². The summed E-state index contributed by atoms with van der Waals surface area (Å²) in [5.41, 5.74) is 0.197. The van der Waals surface area contributed by atoms with Crippen molar-refractivity contribution in [2.45, 2.75) is 13.0 Å². The number of benzene rings is 1. The number of morpholine rings is 1. The number of nitro groups is 1. The van der Waals surface area contributed by atoms with Crippen LogP contribution in [0.2, 0.25) is 5.02 Å². The zero-order valence-electron chi connectivity index (χ0n) is 11.8. The lowest BCUT2D eigenvalue weighted by Gasteiger charge is -2.31. The molecule has 1 fully saturated rings. The van der Waals surface area contributed by atoms with Gasteiger partial charge in [-0.2, -0.15) is 0 Å². The predicted octanol–water partition coefficient (Wildman–Crippen LogP) is 2.15. The molecule has 114 valence electrons. The molecular formula is C13H16ClN3O4. The Morgan fingerprint density at radius 1 is 1.57 bits per heavy atom. The molecule has 1 heterocycles. The van der Waals surface area contributed by atoms with Gasteiger partial charge in [0.1, 0.15) is 5.69 Å². The third-order valence-corrected chi connectivity index (χ3v) is 3.59. The van der Waals surface area contributed by atoms with Crippen molar-refractivity contribution in [1.29, 1.82) is 0 Å². The molecule has 1 aliphatic heterocycles. The molecule has 21 heavy (non-hydrogen) atoms. The van der Waals surface area contributed by atoms with Gasteiger partial charge < -0.3 is 15.0 Å². The molecule has 8 heteroatoms. The number of hydrogen-bond acceptors (Lipinski definition) is 5. The molecule has 1 N–H and O–H groups in total. The number of halogens is 1. The number of carbonyl (C=O) groups excluding carboxylic acids is 1. The van der Waals surface area contributed by atoms with Gasteiger partial charge >= 0.3 is 0 Å². The third kappa shape index (κ3) is 3.25. The quantitative estimate of drug-likeness (QED) is 0.682. The van der Waals surface area contributed by atoms with Crippen molar-refractivity contribution < 1.29 is 14.5 Å². The second-order valence-electron chi connectivity index (χ2n) is 4.79. The van der Waals surface area contributed by atoms with Crippen LogP contribution in [-0.2, 0) is 4.74 Å². The molecule has 0 aliphatic carbocycles. The fraction of sp³-hybridized carbons (Fsp3) is 0.462. The molecule has 0 spiro atoms. The summed E-state index contributed by atoms with van der Waals surface area (Å²) < 4.78 is 5.38. The molecule has 1 atom stereocenters. The third-order valence-electron chi connectivity index (χ3n) is 3.29. The first-order chi connectivity index (χ1) is 9.93. The molecule has 0 saturated carbocycles. The molecule has 2 rings (SSSR count). The molecule has 1 saturated heterocycles. The van der Waals surface area contributed by atoms with Gasteiger partial charge in [-0.25, -0.2) is 0 Å². The van der Waals surface area contributed by atoms with E-state index in [2.05, 4.69) is 5.32 Å². The topological polar surface area (TPSA) is 84.7 Å². The van der Waals surface area contributed by atoms with Crippen LogP contribution in [0.5, 0.6) is 0 Å². The Balaban J connectivity index is 2.35. The smallest absolute Gasteiger partial charge is 0.294 e. The van der Waals surface area contributed by atoms with Gasteiger partial charge in [0, 0.05) is 31.8 Å². The first kappa shape index (κ1) is 15.5. The van der Waals surface area contributed by atoms with Gasteiger partial charge in [0.15, 0.2) is 0 Å². The van der Waals surface area contributed by atoms with Gasteiger partial charge in [-0.15, -0.1) is 0 Å².